The molecule has 0 unspecified atom stereocenters. The zero-order chi connectivity index (χ0) is 25.6. The van der Waals surface area contributed by atoms with Gasteiger partial charge >= 0.3 is 0 Å². The van der Waals surface area contributed by atoms with Crippen molar-refractivity contribution in [2.75, 3.05) is 0 Å². The Labute approximate surface area is 173 Å². The molecule has 0 aliphatic carbocycles. The van der Waals surface area contributed by atoms with Crippen molar-refractivity contribution in [3.8, 4) is 11.3 Å². The molecule has 28 heavy (non-hydrogen) atoms. The van der Waals surface area contributed by atoms with Crippen LogP contribution >= 0.6 is 0 Å². The highest BCUT2D eigenvalue weighted by Gasteiger charge is 2.09. The van der Waals surface area contributed by atoms with Crippen molar-refractivity contribution >= 4 is 22.7 Å². The van der Waals surface area contributed by atoms with Gasteiger partial charge in [-0.1, -0.05) is 42.3 Å². The van der Waals surface area contributed by atoms with Gasteiger partial charge < -0.3 is 4.57 Å². The molecule has 5 nitrogen and oxygen atoms in total. The molecule has 0 bridgehead atoms. The Morgan fingerprint density at radius 3 is 2.79 bits per heavy atom. The molecule has 2 heterocycles. The number of nitrogens with zero attached hydrogens (tertiary/aromatic N) is 4. The van der Waals surface area contributed by atoms with Crippen molar-refractivity contribution in [1.82, 2.24) is 19.7 Å². The molecular formula is C23H20N4O. The second-order valence-electron chi connectivity index (χ2n) is 6.21. The Morgan fingerprint density at radius 1 is 1.21 bits per heavy atom. The van der Waals surface area contributed by atoms with Crippen LogP contribution in [0.15, 0.2) is 66.7 Å². The van der Waals surface area contributed by atoms with Crippen molar-refractivity contribution < 1.29 is 14.4 Å². The number of allylic oxidation sites excluding steroid dienone is 1. The molecule has 138 valence electrons. The summed E-state index contributed by atoms with van der Waals surface area (Å²) in [6.07, 6.45) is 1.43. The van der Waals surface area contributed by atoms with E-state index in [4.69, 9.17) is 9.60 Å². The molecule has 4 aromatic rings. The summed E-state index contributed by atoms with van der Waals surface area (Å²) in [7, 11) is 1.91. The highest BCUT2D eigenvalue weighted by Crippen LogP contribution is 2.24. The Bertz CT molecular complexity index is 1520. The second-order valence-corrected chi connectivity index (χ2v) is 6.21. The summed E-state index contributed by atoms with van der Waals surface area (Å²) in [6, 6.07) is 2.61. The molecule has 4 rings (SSSR count). The quantitative estimate of drug-likeness (QED) is 0.491. The number of aromatic nitrogens is 4. The van der Waals surface area contributed by atoms with E-state index in [1.807, 2.05) is 36.7 Å². The fourth-order valence-corrected chi connectivity index (χ4v) is 2.76. The number of fused-ring (bicyclic) bond motifs is 1. The maximum Gasteiger partial charge on any atom is 0.161 e. The van der Waals surface area contributed by atoms with Crippen LogP contribution < -0.4 is 0 Å². The molecule has 2 aromatic carbocycles. The predicted octanol–water partition coefficient (Wildman–Crippen LogP) is 4.16. The van der Waals surface area contributed by atoms with Gasteiger partial charge in [-0.2, -0.15) is 10.2 Å². The summed E-state index contributed by atoms with van der Waals surface area (Å²) in [5, 5.41) is 8.91. The minimum absolute atomic E-state index is 0.277. The molecule has 0 amide bonds. The molecule has 2 aromatic heterocycles. The smallest absolute Gasteiger partial charge is 0.161 e. The average Bonchev–Trinajstić information content (AvgIpc) is 3.18. The SMILES string of the molecule is [2H]/C(C(=O)Cc1cc2cc(-c3cnc(C)n3C)ccc2nn1)=C(/[2H])c1c([2H])c([2H])c([2H])c([2H])c1[2H]. The van der Waals surface area contributed by atoms with E-state index in [0.29, 0.717) is 5.52 Å². The monoisotopic (exact) mass is 375 g/mol. The van der Waals surface area contributed by atoms with Gasteiger partial charge in [-0.05, 0) is 36.7 Å². The van der Waals surface area contributed by atoms with E-state index in [0.717, 1.165) is 22.5 Å². The van der Waals surface area contributed by atoms with Crippen LogP contribution in [0.25, 0.3) is 28.2 Å². The zero-order valence-electron chi connectivity index (χ0n) is 22.3. The van der Waals surface area contributed by atoms with Gasteiger partial charge in [0.15, 0.2) is 5.78 Å². The van der Waals surface area contributed by atoms with E-state index < -0.39 is 53.7 Å². The Kier molecular flexibility index (Phi) is 3.05. The first-order valence-electron chi connectivity index (χ1n) is 12.0. The Hall–Kier alpha value is -3.60. The van der Waals surface area contributed by atoms with Crippen molar-refractivity contribution in [1.29, 1.82) is 0 Å². The molecule has 0 radical (unpaired) electrons. The average molecular weight is 375 g/mol. The molecule has 0 fully saturated rings. The van der Waals surface area contributed by atoms with Crippen LogP contribution in [0.2, 0.25) is 0 Å². The summed E-state index contributed by atoms with van der Waals surface area (Å²) >= 11 is 0. The molecule has 0 spiro atoms. The molecule has 0 saturated carbocycles. The molecule has 0 atom stereocenters. The molecular weight excluding hydrogens is 348 g/mol. The number of aryl methyl sites for hydroxylation is 1. The van der Waals surface area contributed by atoms with Gasteiger partial charge in [0.25, 0.3) is 0 Å². The minimum atomic E-state index is -0.783. The van der Waals surface area contributed by atoms with Crippen LogP contribution in [-0.4, -0.2) is 25.5 Å². The highest BCUT2D eigenvalue weighted by atomic mass is 16.1. The summed E-state index contributed by atoms with van der Waals surface area (Å²) in [6.45, 7) is 1.90. The lowest BCUT2D eigenvalue weighted by Crippen LogP contribution is -2.02. The fourth-order valence-electron chi connectivity index (χ4n) is 2.76. The summed E-state index contributed by atoms with van der Waals surface area (Å²) in [4.78, 5) is 17.1. The highest BCUT2D eigenvalue weighted by molar-refractivity contribution is 5.95. The van der Waals surface area contributed by atoms with Gasteiger partial charge in [0.1, 0.15) is 5.82 Å². The van der Waals surface area contributed by atoms with Crippen LogP contribution in [0, 0.1) is 6.92 Å². The number of benzene rings is 2. The number of carbonyl (C=O) groups excluding carboxylic acids is 1. The fraction of sp³-hybridized carbons (Fsp3) is 0.130. The number of imidazole rings is 1. The summed E-state index contributed by atoms with van der Waals surface area (Å²) < 4.78 is 57.4. The molecule has 0 aliphatic rings. The van der Waals surface area contributed by atoms with E-state index in [9.17, 15) is 4.79 Å². The minimum Gasteiger partial charge on any atom is -0.331 e. The molecule has 0 aliphatic heterocycles. The number of rotatable bonds is 5. The number of ketones is 1. The zero-order valence-corrected chi connectivity index (χ0v) is 15.3. The normalized spacial score (nSPS) is 15.6. The van der Waals surface area contributed by atoms with E-state index in [2.05, 4.69) is 15.2 Å². The van der Waals surface area contributed by atoms with Crippen molar-refractivity contribution in [2.45, 2.75) is 13.3 Å². The molecule has 0 saturated heterocycles. The van der Waals surface area contributed by atoms with Crippen LogP contribution in [0.5, 0.6) is 0 Å². The van der Waals surface area contributed by atoms with E-state index >= 15 is 0 Å². The summed E-state index contributed by atoms with van der Waals surface area (Å²) in [5.41, 5.74) is 2.22. The second kappa shape index (κ2) is 7.56. The maximum absolute atomic E-state index is 12.8. The van der Waals surface area contributed by atoms with Crippen LogP contribution in [0.4, 0.5) is 0 Å². The maximum atomic E-state index is 12.8. The predicted molar refractivity (Wildman–Crippen MR) is 111 cm³/mol. The third-order valence-corrected chi connectivity index (χ3v) is 4.32. The van der Waals surface area contributed by atoms with Crippen molar-refractivity contribution in [2.24, 2.45) is 7.05 Å². The third-order valence-electron chi connectivity index (χ3n) is 4.32. The van der Waals surface area contributed by atoms with E-state index in [-0.39, 0.29) is 12.1 Å². The molecule has 0 N–H and O–H groups in total. The lowest BCUT2D eigenvalue weighted by atomic mass is 10.1. The number of hydrogen-bond acceptors (Lipinski definition) is 4. The van der Waals surface area contributed by atoms with Crippen LogP contribution in [0.3, 0.4) is 0 Å². The number of hydrogen-bond donors (Lipinski definition) is 0. The standard InChI is InChI=1S/C23H20N4O/c1-16-24-15-23(27(16)2)18-9-11-22-19(12-18)13-20(25-26-22)14-21(28)10-8-17-6-4-3-5-7-17/h3-13,15H,14H2,1-2H3/b10-8+/i3D,4D,5D,6D,7D,8D,10D. The lowest BCUT2D eigenvalue weighted by Gasteiger charge is -2.06. The van der Waals surface area contributed by atoms with Gasteiger partial charge in [0, 0.05) is 18.0 Å². The van der Waals surface area contributed by atoms with Crippen molar-refractivity contribution in [3.63, 3.8) is 0 Å². The summed E-state index contributed by atoms with van der Waals surface area (Å²) in [5.74, 6) is 0.0770. The van der Waals surface area contributed by atoms with Gasteiger partial charge in [-0.3, -0.25) is 4.79 Å². The topological polar surface area (TPSA) is 60.7 Å². The number of carbonyl (C=O) groups is 1. The lowest BCUT2D eigenvalue weighted by molar-refractivity contribution is -0.114. The third kappa shape index (κ3) is 3.74. The van der Waals surface area contributed by atoms with Crippen molar-refractivity contribution in [3.05, 3.63) is 83.8 Å². The van der Waals surface area contributed by atoms with Crippen LogP contribution in [0.1, 0.15) is 26.7 Å². The Morgan fingerprint density at radius 2 is 2.04 bits per heavy atom. The first kappa shape index (κ1) is 11.3. The van der Waals surface area contributed by atoms with E-state index in [1.54, 1.807) is 12.3 Å². The first-order chi connectivity index (χ1) is 16.5. The largest absolute Gasteiger partial charge is 0.331 e. The first-order valence-corrected chi connectivity index (χ1v) is 8.54. The Balaban J connectivity index is 1.68. The van der Waals surface area contributed by atoms with Gasteiger partial charge in [-0.15, -0.1) is 0 Å². The van der Waals surface area contributed by atoms with Gasteiger partial charge in [0.2, 0.25) is 0 Å². The molecule has 5 heteroatoms. The van der Waals surface area contributed by atoms with Gasteiger partial charge in [0.05, 0.1) is 39.1 Å². The van der Waals surface area contributed by atoms with Gasteiger partial charge in [-0.25, -0.2) is 4.98 Å². The van der Waals surface area contributed by atoms with E-state index in [1.165, 1.54) is 0 Å². The van der Waals surface area contributed by atoms with Crippen LogP contribution in [-0.2, 0) is 18.3 Å².